The topological polar surface area (TPSA) is 53.4 Å². The lowest BCUT2D eigenvalue weighted by atomic mass is 10.2. The van der Waals surface area contributed by atoms with Gasteiger partial charge in [-0.3, -0.25) is 9.48 Å². The quantitative estimate of drug-likeness (QED) is 0.729. The molecule has 5 heteroatoms. The van der Waals surface area contributed by atoms with Crippen LogP contribution in [-0.4, -0.2) is 29.8 Å². The van der Waals surface area contributed by atoms with E-state index in [1.54, 1.807) is 36.2 Å². The van der Waals surface area contributed by atoms with Crippen molar-refractivity contribution in [3.8, 4) is 11.5 Å². The molecule has 0 unspecified atom stereocenters. The summed E-state index contributed by atoms with van der Waals surface area (Å²) in [6.45, 7) is 1.14. The third kappa shape index (κ3) is 2.88. The first-order valence-corrected chi connectivity index (χ1v) is 5.57. The molecule has 5 nitrogen and oxygen atoms in total. The molecule has 0 saturated carbocycles. The predicted octanol–water partition coefficient (Wildman–Crippen LogP) is 1.78. The predicted molar refractivity (Wildman–Crippen MR) is 66.1 cm³/mol. The van der Waals surface area contributed by atoms with E-state index in [1.165, 1.54) is 0 Å². The Kier molecular flexibility index (Phi) is 3.96. The van der Waals surface area contributed by atoms with Gasteiger partial charge in [0.25, 0.3) is 0 Å². The smallest absolute Gasteiger partial charge is 0.161 e. The summed E-state index contributed by atoms with van der Waals surface area (Å²) in [5.41, 5.74) is 0.561. The van der Waals surface area contributed by atoms with E-state index in [2.05, 4.69) is 5.10 Å². The highest BCUT2D eigenvalue weighted by Crippen LogP contribution is 2.27. The normalized spacial score (nSPS) is 10.1. The van der Waals surface area contributed by atoms with Crippen molar-refractivity contribution in [2.75, 3.05) is 13.7 Å². The molecule has 0 saturated heterocycles. The van der Waals surface area contributed by atoms with Crippen molar-refractivity contribution in [1.82, 2.24) is 9.78 Å². The van der Waals surface area contributed by atoms with Gasteiger partial charge in [-0.25, -0.2) is 0 Å². The fourth-order valence-corrected chi connectivity index (χ4v) is 1.56. The van der Waals surface area contributed by atoms with Crippen LogP contribution in [0.15, 0.2) is 36.7 Å². The molecule has 18 heavy (non-hydrogen) atoms. The maximum absolute atomic E-state index is 10.6. The fraction of sp³-hybridized carbons (Fsp3) is 0.231. The van der Waals surface area contributed by atoms with Gasteiger partial charge in [0, 0.05) is 18.0 Å². The van der Waals surface area contributed by atoms with Gasteiger partial charge in [0.05, 0.1) is 13.7 Å². The van der Waals surface area contributed by atoms with E-state index < -0.39 is 0 Å². The summed E-state index contributed by atoms with van der Waals surface area (Å²) in [5, 5.41) is 4.08. The van der Waals surface area contributed by atoms with Gasteiger partial charge in [-0.2, -0.15) is 5.10 Å². The number of rotatable bonds is 6. The summed E-state index contributed by atoms with van der Waals surface area (Å²) in [6, 6.07) is 6.93. The molecular formula is C13H14N2O3. The van der Waals surface area contributed by atoms with Crippen molar-refractivity contribution in [2.24, 2.45) is 0 Å². The molecule has 0 N–H and O–H groups in total. The van der Waals surface area contributed by atoms with Crippen LogP contribution in [0.3, 0.4) is 0 Å². The van der Waals surface area contributed by atoms with E-state index in [9.17, 15) is 4.79 Å². The number of carbonyl (C=O) groups excluding carboxylic acids is 1. The summed E-state index contributed by atoms with van der Waals surface area (Å²) in [5.74, 6) is 1.18. The van der Waals surface area contributed by atoms with Crippen LogP contribution < -0.4 is 9.47 Å². The van der Waals surface area contributed by atoms with E-state index in [0.29, 0.717) is 30.2 Å². The monoisotopic (exact) mass is 246 g/mol. The van der Waals surface area contributed by atoms with Crippen LogP contribution in [0.5, 0.6) is 11.5 Å². The van der Waals surface area contributed by atoms with Crippen LogP contribution >= 0.6 is 0 Å². The van der Waals surface area contributed by atoms with Crippen molar-refractivity contribution >= 4 is 6.29 Å². The number of aldehydes is 1. The van der Waals surface area contributed by atoms with Gasteiger partial charge in [0.2, 0.25) is 0 Å². The van der Waals surface area contributed by atoms with E-state index in [-0.39, 0.29) is 0 Å². The molecule has 0 aliphatic rings. The summed E-state index contributed by atoms with van der Waals surface area (Å²) in [7, 11) is 1.55. The van der Waals surface area contributed by atoms with Gasteiger partial charge < -0.3 is 9.47 Å². The molecule has 1 heterocycles. The van der Waals surface area contributed by atoms with Gasteiger partial charge in [0.15, 0.2) is 11.5 Å². The maximum Gasteiger partial charge on any atom is 0.161 e. The molecule has 2 rings (SSSR count). The van der Waals surface area contributed by atoms with E-state index in [0.717, 1.165) is 6.29 Å². The number of nitrogens with zero attached hydrogens (tertiary/aromatic N) is 2. The Morgan fingerprint density at radius 3 is 2.94 bits per heavy atom. The zero-order chi connectivity index (χ0) is 12.8. The standard InChI is InChI=1S/C13H14N2O3/c1-17-13-9-11(10-16)3-4-12(13)18-8-7-15-6-2-5-14-15/h2-6,9-10H,7-8H2,1H3. The molecule has 0 amide bonds. The average molecular weight is 246 g/mol. The molecule has 0 atom stereocenters. The third-order valence-electron chi connectivity index (χ3n) is 2.46. The molecular weight excluding hydrogens is 232 g/mol. The molecule has 0 aliphatic heterocycles. The second-order valence-electron chi connectivity index (χ2n) is 3.65. The second kappa shape index (κ2) is 5.86. The number of ether oxygens (including phenoxy) is 2. The Balaban J connectivity index is 1.98. The van der Waals surface area contributed by atoms with E-state index in [4.69, 9.17) is 9.47 Å². The first-order chi connectivity index (χ1) is 8.83. The average Bonchev–Trinajstić information content (AvgIpc) is 2.92. The maximum atomic E-state index is 10.6. The SMILES string of the molecule is COc1cc(C=O)ccc1OCCn1cccn1. The number of hydrogen-bond acceptors (Lipinski definition) is 4. The van der Waals surface area contributed by atoms with Crippen LogP contribution in [0.1, 0.15) is 10.4 Å². The first-order valence-electron chi connectivity index (χ1n) is 5.57. The van der Waals surface area contributed by atoms with Crippen LogP contribution in [0.4, 0.5) is 0 Å². The summed E-state index contributed by atoms with van der Waals surface area (Å²) < 4.78 is 12.6. The second-order valence-corrected chi connectivity index (χ2v) is 3.65. The van der Waals surface area contributed by atoms with Gasteiger partial charge in [0.1, 0.15) is 12.9 Å². The zero-order valence-corrected chi connectivity index (χ0v) is 10.1. The molecule has 0 bridgehead atoms. The molecule has 0 spiro atoms. The van der Waals surface area contributed by atoms with Gasteiger partial charge in [-0.15, -0.1) is 0 Å². The molecule has 0 radical (unpaired) electrons. The summed E-state index contributed by atoms with van der Waals surface area (Å²) in [4.78, 5) is 10.6. The first kappa shape index (κ1) is 12.2. The molecule has 1 aromatic heterocycles. The van der Waals surface area contributed by atoms with Crippen LogP contribution in [0, 0.1) is 0 Å². The van der Waals surface area contributed by atoms with Crippen molar-refractivity contribution in [3.63, 3.8) is 0 Å². The third-order valence-corrected chi connectivity index (χ3v) is 2.46. The molecule has 0 aliphatic carbocycles. The van der Waals surface area contributed by atoms with Crippen molar-refractivity contribution in [3.05, 3.63) is 42.2 Å². The molecule has 0 fully saturated rings. The van der Waals surface area contributed by atoms with Crippen molar-refractivity contribution < 1.29 is 14.3 Å². The Labute approximate surface area is 105 Å². The van der Waals surface area contributed by atoms with E-state index in [1.807, 2.05) is 12.3 Å². The Bertz CT molecular complexity index is 509. The number of methoxy groups -OCH3 is 1. The van der Waals surface area contributed by atoms with Crippen LogP contribution in [0.2, 0.25) is 0 Å². The van der Waals surface area contributed by atoms with Crippen molar-refractivity contribution in [2.45, 2.75) is 6.54 Å². The van der Waals surface area contributed by atoms with Crippen molar-refractivity contribution in [1.29, 1.82) is 0 Å². The van der Waals surface area contributed by atoms with Gasteiger partial charge >= 0.3 is 0 Å². The molecule has 94 valence electrons. The van der Waals surface area contributed by atoms with Gasteiger partial charge in [-0.05, 0) is 24.3 Å². The number of aromatic nitrogens is 2. The van der Waals surface area contributed by atoms with Gasteiger partial charge in [-0.1, -0.05) is 0 Å². The lowest BCUT2D eigenvalue weighted by Gasteiger charge is -2.10. The lowest BCUT2D eigenvalue weighted by Crippen LogP contribution is -2.09. The van der Waals surface area contributed by atoms with Crippen LogP contribution in [0.25, 0.3) is 0 Å². The highest BCUT2D eigenvalue weighted by Gasteiger charge is 2.05. The zero-order valence-electron chi connectivity index (χ0n) is 10.1. The minimum atomic E-state index is 0.485. The number of hydrogen-bond donors (Lipinski definition) is 0. The molecule has 1 aromatic carbocycles. The summed E-state index contributed by atoms with van der Waals surface area (Å²) in [6.07, 6.45) is 4.37. The van der Waals surface area contributed by atoms with Crippen LogP contribution in [-0.2, 0) is 6.54 Å². The summed E-state index contributed by atoms with van der Waals surface area (Å²) >= 11 is 0. The minimum Gasteiger partial charge on any atom is -0.493 e. The van der Waals surface area contributed by atoms with E-state index >= 15 is 0 Å². The largest absolute Gasteiger partial charge is 0.493 e. The highest BCUT2D eigenvalue weighted by atomic mass is 16.5. The Morgan fingerprint density at radius 2 is 2.28 bits per heavy atom. The fourth-order valence-electron chi connectivity index (χ4n) is 1.56. The Morgan fingerprint density at radius 1 is 1.39 bits per heavy atom. The number of carbonyl (C=O) groups is 1. The lowest BCUT2D eigenvalue weighted by molar-refractivity contribution is 0.112. The minimum absolute atomic E-state index is 0.485. The Hall–Kier alpha value is -2.30. The highest BCUT2D eigenvalue weighted by molar-refractivity contribution is 5.76. The number of benzene rings is 1. The molecule has 2 aromatic rings.